The van der Waals surface area contributed by atoms with Gasteiger partial charge in [0.2, 0.25) is 5.76 Å². The number of nitrogens with zero attached hydrogens (tertiary/aromatic N) is 1. The van der Waals surface area contributed by atoms with Crippen LogP contribution in [0.4, 0.5) is 5.69 Å². The molecule has 40 heavy (non-hydrogen) atoms. The number of carbonyl (C=O) groups excluding carboxylic acids is 2. The van der Waals surface area contributed by atoms with E-state index in [-0.39, 0.29) is 34.3 Å². The van der Waals surface area contributed by atoms with Crippen molar-refractivity contribution in [3.63, 3.8) is 0 Å². The molecule has 0 spiro atoms. The molecule has 0 saturated heterocycles. The second kappa shape index (κ2) is 11.1. The Balaban J connectivity index is 1.68. The lowest BCUT2D eigenvalue weighted by atomic mass is 9.97. The third kappa shape index (κ3) is 4.91. The van der Waals surface area contributed by atoms with Crippen molar-refractivity contribution >= 4 is 40.1 Å². The first-order valence-electron chi connectivity index (χ1n) is 12.9. The van der Waals surface area contributed by atoms with E-state index in [0.717, 1.165) is 0 Å². The summed E-state index contributed by atoms with van der Waals surface area (Å²) in [4.78, 5) is 41.5. The van der Waals surface area contributed by atoms with Gasteiger partial charge in [0.15, 0.2) is 16.9 Å². The van der Waals surface area contributed by atoms with Gasteiger partial charge in [0.25, 0.3) is 5.91 Å². The number of anilines is 1. The first-order valence-corrected chi connectivity index (χ1v) is 13.3. The largest absolute Gasteiger partial charge is 0.493 e. The minimum atomic E-state index is -0.844. The topological polar surface area (TPSA) is 95.3 Å². The molecule has 0 N–H and O–H groups in total. The van der Waals surface area contributed by atoms with Crippen LogP contribution >= 0.6 is 11.6 Å². The van der Waals surface area contributed by atoms with E-state index in [0.29, 0.717) is 45.9 Å². The molecule has 9 heteroatoms. The molecule has 3 aromatic carbocycles. The summed E-state index contributed by atoms with van der Waals surface area (Å²) in [6, 6.07) is 15.6. The van der Waals surface area contributed by atoms with E-state index in [1.165, 1.54) is 18.1 Å². The van der Waals surface area contributed by atoms with E-state index in [2.05, 4.69) is 0 Å². The monoisotopic (exact) mass is 561 g/mol. The standard InChI is InChI=1S/C31H28ClNO7/c1-5-38-31(36)18-6-10-21(11-7-18)33-27(19-8-12-24(25(14-19)37-4)39-16-17(2)3)26-28(34)22-15-20(32)9-13-23(22)40-29(26)30(33)35/h6-15,17,27H,5,16H2,1-4H3. The average molecular weight is 562 g/mol. The molecule has 206 valence electrons. The van der Waals surface area contributed by atoms with Gasteiger partial charge in [-0.25, -0.2) is 4.79 Å². The molecule has 1 atom stereocenters. The van der Waals surface area contributed by atoms with Crippen LogP contribution in [0.25, 0.3) is 11.0 Å². The maximum atomic E-state index is 13.9. The van der Waals surface area contributed by atoms with Crippen molar-refractivity contribution < 1.29 is 28.2 Å². The van der Waals surface area contributed by atoms with Crippen molar-refractivity contribution in [2.24, 2.45) is 5.92 Å². The zero-order valence-electron chi connectivity index (χ0n) is 22.5. The number of amides is 1. The summed E-state index contributed by atoms with van der Waals surface area (Å²) in [6.45, 7) is 6.56. The third-order valence-electron chi connectivity index (χ3n) is 6.56. The molecule has 0 aliphatic carbocycles. The Morgan fingerprint density at radius 3 is 2.45 bits per heavy atom. The minimum Gasteiger partial charge on any atom is -0.493 e. The van der Waals surface area contributed by atoms with E-state index >= 15 is 0 Å². The molecule has 2 heterocycles. The van der Waals surface area contributed by atoms with Gasteiger partial charge in [0.05, 0.1) is 42.9 Å². The van der Waals surface area contributed by atoms with Crippen molar-refractivity contribution in [3.05, 3.63) is 98.4 Å². The molecule has 0 fully saturated rings. The Bertz CT molecular complexity index is 1660. The molecule has 4 aromatic rings. The number of rotatable bonds is 8. The van der Waals surface area contributed by atoms with Gasteiger partial charge >= 0.3 is 5.97 Å². The van der Waals surface area contributed by atoms with Crippen LogP contribution in [0.3, 0.4) is 0 Å². The predicted molar refractivity (Wildman–Crippen MR) is 152 cm³/mol. The molecule has 5 rings (SSSR count). The van der Waals surface area contributed by atoms with Crippen molar-refractivity contribution in [1.82, 2.24) is 0 Å². The van der Waals surface area contributed by atoms with Gasteiger partial charge < -0.3 is 18.6 Å². The zero-order chi connectivity index (χ0) is 28.6. The number of hydrogen-bond donors (Lipinski definition) is 0. The molecule has 1 amide bonds. The lowest BCUT2D eigenvalue weighted by molar-refractivity contribution is 0.0526. The molecule has 1 aromatic heterocycles. The molecule has 1 aliphatic heterocycles. The highest BCUT2D eigenvalue weighted by Gasteiger charge is 2.44. The van der Waals surface area contributed by atoms with E-state index in [9.17, 15) is 14.4 Å². The Hall–Kier alpha value is -4.30. The fourth-order valence-electron chi connectivity index (χ4n) is 4.73. The van der Waals surface area contributed by atoms with E-state index in [4.69, 9.17) is 30.2 Å². The average Bonchev–Trinajstić information content (AvgIpc) is 3.24. The second-order valence-corrected chi connectivity index (χ2v) is 10.2. The Morgan fingerprint density at radius 2 is 1.77 bits per heavy atom. The molecular weight excluding hydrogens is 534 g/mol. The normalized spacial score (nSPS) is 14.5. The number of carbonyl (C=O) groups is 2. The lowest BCUT2D eigenvalue weighted by Gasteiger charge is -2.26. The minimum absolute atomic E-state index is 0.0570. The molecule has 8 nitrogen and oxygen atoms in total. The van der Waals surface area contributed by atoms with Gasteiger partial charge in [-0.1, -0.05) is 31.5 Å². The molecule has 0 radical (unpaired) electrons. The van der Waals surface area contributed by atoms with Gasteiger partial charge in [0.1, 0.15) is 5.58 Å². The van der Waals surface area contributed by atoms with E-state index in [1.54, 1.807) is 61.5 Å². The molecule has 1 unspecified atom stereocenters. The number of benzene rings is 3. The van der Waals surface area contributed by atoms with Gasteiger partial charge in [-0.15, -0.1) is 0 Å². The Morgan fingerprint density at radius 1 is 1.02 bits per heavy atom. The summed E-state index contributed by atoms with van der Waals surface area (Å²) in [6.07, 6.45) is 0. The van der Waals surface area contributed by atoms with E-state index in [1.807, 2.05) is 13.8 Å². The first kappa shape index (κ1) is 27.3. The number of hydrogen-bond acceptors (Lipinski definition) is 7. The summed E-state index contributed by atoms with van der Waals surface area (Å²) in [7, 11) is 1.53. The van der Waals surface area contributed by atoms with Crippen molar-refractivity contribution in [1.29, 1.82) is 0 Å². The van der Waals surface area contributed by atoms with Crippen LogP contribution < -0.4 is 19.8 Å². The van der Waals surface area contributed by atoms with Crippen molar-refractivity contribution in [3.8, 4) is 11.5 Å². The van der Waals surface area contributed by atoms with Crippen LogP contribution in [-0.4, -0.2) is 32.2 Å². The highest BCUT2D eigenvalue weighted by molar-refractivity contribution is 6.31. The van der Waals surface area contributed by atoms with Crippen molar-refractivity contribution in [2.45, 2.75) is 26.8 Å². The number of esters is 1. The van der Waals surface area contributed by atoms with Crippen molar-refractivity contribution in [2.75, 3.05) is 25.2 Å². The summed E-state index contributed by atoms with van der Waals surface area (Å²) >= 11 is 6.19. The van der Waals surface area contributed by atoms with Gasteiger partial charge in [-0.05, 0) is 73.0 Å². The molecular formula is C31H28ClNO7. The van der Waals surface area contributed by atoms with Crippen LogP contribution in [0.5, 0.6) is 11.5 Å². The fourth-order valence-corrected chi connectivity index (χ4v) is 4.90. The van der Waals surface area contributed by atoms with Gasteiger partial charge in [0, 0.05) is 10.7 Å². The third-order valence-corrected chi connectivity index (χ3v) is 6.80. The fraction of sp³-hybridized carbons (Fsp3) is 0.258. The van der Waals surface area contributed by atoms with Gasteiger partial charge in [-0.3, -0.25) is 14.5 Å². The maximum absolute atomic E-state index is 13.9. The summed E-state index contributed by atoms with van der Waals surface area (Å²) in [5.41, 5.74) is 1.51. The highest BCUT2D eigenvalue weighted by Crippen LogP contribution is 2.43. The molecule has 0 saturated carbocycles. The van der Waals surface area contributed by atoms with Crippen LogP contribution in [0.1, 0.15) is 58.9 Å². The Kier molecular flexibility index (Phi) is 7.54. The van der Waals surface area contributed by atoms with Crippen LogP contribution in [0.2, 0.25) is 5.02 Å². The quantitative estimate of drug-likeness (QED) is 0.229. The first-order chi connectivity index (χ1) is 19.2. The predicted octanol–water partition coefficient (Wildman–Crippen LogP) is 6.42. The SMILES string of the molecule is CCOC(=O)c1ccc(N2C(=O)c3oc4ccc(Cl)cc4c(=O)c3C2c2ccc(OCC(C)C)c(OC)c2)cc1. The Labute approximate surface area is 236 Å². The summed E-state index contributed by atoms with van der Waals surface area (Å²) < 4.78 is 22.6. The molecule has 0 bridgehead atoms. The number of ether oxygens (including phenoxy) is 3. The highest BCUT2D eigenvalue weighted by atomic mass is 35.5. The second-order valence-electron chi connectivity index (χ2n) is 9.77. The van der Waals surface area contributed by atoms with Gasteiger partial charge in [-0.2, -0.15) is 0 Å². The smallest absolute Gasteiger partial charge is 0.338 e. The zero-order valence-corrected chi connectivity index (χ0v) is 23.3. The van der Waals surface area contributed by atoms with Crippen LogP contribution in [0, 0.1) is 5.92 Å². The summed E-state index contributed by atoms with van der Waals surface area (Å²) in [5, 5.41) is 0.646. The number of halogens is 1. The lowest BCUT2D eigenvalue weighted by Crippen LogP contribution is -2.29. The summed E-state index contributed by atoms with van der Waals surface area (Å²) in [5.74, 6) is 0.303. The maximum Gasteiger partial charge on any atom is 0.338 e. The number of methoxy groups -OCH3 is 1. The number of fused-ring (bicyclic) bond motifs is 2. The van der Waals surface area contributed by atoms with Crippen LogP contribution in [0.15, 0.2) is 69.9 Å². The van der Waals surface area contributed by atoms with E-state index < -0.39 is 17.9 Å². The molecule has 1 aliphatic rings. The van der Waals surface area contributed by atoms with Crippen LogP contribution in [-0.2, 0) is 4.74 Å².